The van der Waals surface area contributed by atoms with Crippen molar-refractivity contribution in [1.29, 1.82) is 0 Å². The van der Waals surface area contributed by atoms with Crippen molar-refractivity contribution >= 4 is 34.3 Å². The highest BCUT2D eigenvalue weighted by Gasteiger charge is 2.23. The number of aliphatic hydroxyl groups excluding tert-OH is 1. The van der Waals surface area contributed by atoms with Gasteiger partial charge in [0.1, 0.15) is 0 Å². The number of aryl methyl sites for hydroxylation is 1. The average Bonchev–Trinajstić information content (AvgIpc) is 2.99. The van der Waals surface area contributed by atoms with Gasteiger partial charge in [-0.05, 0) is 48.9 Å². The van der Waals surface area contributed by atoms with Crippen molar-refractivity contribution < 1.29 is 19.8 Å². The normalized spacial score (nSPS) is 13.3. The van der Waals surface area contributed by atoms with Crippen molar-refractivity contribution in [3.05, 3.63) is 70.4 Å². The smallest absolute Gasteiger partial charge is 0.303 e. The van der Waals surface area contributed by atoms with E-state index in [2.05, 4.69) is 0 Å². The summed E-state index contributed by atoms with van der Waals surface area (Å²) in [6, 6.07) is 15.0. The zero-order valence-corrected chi connectivity index (χ0v) is 18.6. The van der Waals surface area contributed by atoms with Crippen molar-refractivity contribution in [2.45, 2.75) is 45.1 Å². The number of carbonyl (C=O) groups excluding carboxylic acids is 1. The Hall–Kier alpha value is -2.63. The number of Topliss-reactive ketones (excluding diaryl/α,β-unsaturated/α-hetero) is 1. The first kappa shape index (κ1) is 23.0. The number of hydrogen-bond acceptors (Lipinski definition) is 3. The molecule has 2 atom stereocenters. The largest absolute Gasteiger partial charge is 0.481 e. The number of ketones is 1. The molecule has 6 heteroatoms. The molecule has 0 saturated carbocycles. The molecule has 0 fully saturated rings. The molecule has 1 heterocycles. The minimum Gasteiger partial charge on any atom is -0.481 e. The summed E-state index contributed by atoms with van der Waals surface area (Å²) in [4.78, 5) is 24.2. The van der Waals surface area contributed by atoms with Crippen LogP contribution in [0, 0.1) is 5.92 Å². The molecule has 164 valence electrons. The zero-order chi connectivity index (χ0) is 22.5. The third-order valence-corrected chi connectivity index (χ3v) is 5.93. The lowest BCUT2D eigenvalue weighted by Crippen LogP contribution is -2.12. The minimum atomic E-state index is -0.906. The van der Waals surface area contributed by atoms with Gasteiger partial charge < -0.3 is 14.8 Å². The van der Waals surface area contributed by atoms with Crippen molar-refractivity contribution in [2.24, 2.45) is 13.0 Å². The number of benzene rings is 2. The topological polar surface area (TPSA) is 79.5 Å². The monoisotopic (exact) mass is 441 g/mol. The number of carbonyl (C=O) groups is 2. The summed E-state index contributed by atoms with van der Waals surface area (Å²) in [6.45, 7) is 1.78. The molecule has 0 aliphatic heterocycles. The Morgan fingerprint density at radius 1 is 1.10 bits per heavy atom. The van der Waals surface area contributed by atoms with E-state index in [1.54, 1.807) is 19.1 Å². The van der Waals surface area contributed by atoms with Crippen LogP contribution < -0.4 is 0 Å². The molecule has 0 saturated heterocycles. The molecule has 0 amide bonds. The molecule has 3 aromatic rings. The molecule has 2 aromatic carbocycles. The fourth-order valence-corrected chi connectivity index (χ4v) is 4.34. The average molecular weight is 442 g/mol. The van der Waals surface area contributed by atoms with Crippen molar-refractivity contribution in [3.8, 4) is 0 Å². The molecule has 0 radical (unpaired) electrons. The quantitative estimate of drug-likeness (QED) is 0.403. The van der Waals surface area contributed by atoms with E-state index in [1.807, 2.05) is 48.0 Å². The number of rotatable bonds is 10. The minimum absolute atomic E-state index is 0.0458. The Morgan fingerprint density at radius 2 is 1.81 bits per heavy atom. The lowest BCUT2D eigenvalue weighted by molar-refractivity contribution is -0.137. The number of fused-ring (bicyclic) bond motifs is 1. The maximum atomic E-state index is 13.2. The first-order chi connectivity index (χ1) is 14.8. The molecule has 0 bridgehead atoms. The van der Waals surface area contributed by atoms with Gasteiger partial charge in [0.15, 0.2) is 5.78 Å². The number of aliphatic carboxylic acids is 1. The zero-order valence-electron chi connectivity index (χ0n) is 17.8. The van der Waals surface area contributed by atoms with E-state index < -0.39 is 12.1 Å². The number of nitrogens with zero attached hydrogens (tertiary/aromatic N) is 1. The van der Waals surface area contributed by atoms with Crippen LogP contribution in [0.25, 0.3) is 10.9 Å². The van der Waals surface area contributed by atoms with Crippen molar-refractivity contribution in [2.75, 3.05) is 0 Å². The summed E-state index contributed by atoms with van der Waals surface area (Å²) in [7, 11) is 1.93. The SMILES string of the molecule is C[C@H](CC(=O)O)CC(=O)c1c(CCCC(O)c2ccccc2)n(C)c2ccc(Cl)cc12. The Bertz CT molecular complexity index is 1070. The van der Waals surface area contributed by atoms with E-state index in [0.29, 0.717) is 29.8 Å². The maximum absolute atomic E-state index is 13.2. The molecule has 2 N–H and O–H groups in total. The van der Waals surface area contributed by atoms with Gasteiger partial charge in [0.25, 0.3) is 0 Å². The molecule has 3 rings (SSSR count). The summed E-state index contributed by atoms with van der Waals surface area (Å²) in [6.07, 6.45) is 1.48. The molecule has 5 nitrogen and oxygen atoms in total. The maximum Gasteiger partial charge on any atom is 0.303 e. The highest BCUT2D eigenvalue weighted by atomic mass is 35.5. The summed E-state index contributed by atoms with van der Waals surface area (Å²) in [5.41, 5.74) is 3.30. The second-order valence-electron chi connectivity index (χ2n) is 8.19. The highest BCUT2D eigenvalue weighted by molar-refractivity contribution is 6.31. The van der Waals surface area contributed by atoms with Gasteiger partial charge >= 0.3 is 5.97 Å². The second kappa shape index (κ2) is 10.1. The number of carboxylic acid groups (broad SMARTS) is 1. The van der Waals surface area contributed by atoms with Gasteiger partial charge in [-0.25, -0.2) is 0 Å². The lowest BCUT2D eigenvalue weighted by Gasteiger charge is -2.13. The van der Waals surface area contributed by atoms with Crippen LogP contribution in [0.4, 0.5) is 0 Å². The predicted octanol–water partition coefficient (Wildman–Crippen LogP) is 5.57. The van der Waals surface area contributed by atoms with Crippen LogP contribution >= 0.6 is 11.6 Å². The van der Waals surface area contributed by atoms with Crippen LogP contribution in [0.15, 0.2) is 48.5 Å². The van der Waals surface area contributed by atoms with E-state index in [1.165, 1.54) is 0 Å². The molecular formula is C25H28ClNO4. The Labute approximate surface area is 187 Å². The molecule has 0 spiro atoms. The van der Waals surface area contributed by atoms with E-state index >= 15 is 0 Å². The molecule has 31 heavy (non-hydrogen) atoms. The van der Waals surface area contributed by atoms with Crippen LogP contribution in [0.2, 0.25) is 5.02 Å². The highest BCUT2D eigenvalue weighted by Crippen LogP contribution is 2.32. The third-order valence-electron chi connectivity index (χ3n) is 5.69. The van der Waals surface area contributed by atoms with Crippen LogP contribution in [0.1, 0.15) is 60.3 Å². The first-order valence-electron chi connectivity index (χ1n) is 10.5. The van der Waals surface area contributed by atoms with E-state index in [4.69, 9.17) is 16.7 Å². The third kappa shape index (κ3) is 5.54. The van der Waals surface area contributed by atoms with Gasteiger partial charge in [0.05, 0.1) is 6.10 Å². The number of aliphatic hydroxyl groups is 1. The molecule has 1 unspecified atom stereocenters. The second-order valence-corrected chi connectivity index (χ2v) is 8.63. The van der Waals surface area contributed by atoms with Gasteiger partial charge in [0.2, 0.25) is 0 Å². The molecule has 0 aliphatic rings. The summed E-state index contributed by atoms with van der Waals surface area (Å²) in [5, 5.41) is 20.9. The molecular weight excluding hydrogens is 414 g/mol. The Kier molecular flexibility index (Phi) is 7.52. The van der Waals surface area contributed by atoms with E-state index in [0.717, 1.165) is 22.2 Å². The van der Waals surface area contributed by atoms with Crippen LogP contribution in [0.3, 0.4) is 0 Å². The van der Waals surface area contributed by atoms with E-state index in [9.17, 15) is 14.7 Å². The van der Waals surface area contributed by atoms with Crippen LogP contribution in [-0.4, -0.2) is 26.5 Å². The lowest BCUT2D eigenvalue weighted by atomic mass is 9.94. The van der Waals surface area contributed by atoms with Gasteiger partial charge in [0, 0.05) is 47.1 Å². The van der Waals surface area contributed by atoms with Gasteiger partial charge in [-0.1, -0.05) is 48.9 Å². The number of aromatic nitrogens is 1. The Morgan fingerprint density at radius 3 is 2.48 bits per heavy atom. The van der Waals surface area contributed by atoms with Crippen LogP contribution in [0.5, 0.6) is 0 Å². The Balaban J connectivity index is 1.85. The summed E-state index contributed by atoms with van der Waals surface area (Å²) < 4.78 is 2.01. The number of hydrogen-bond donors (Lipinski definition) is 2. The fraction of sp³-hybridized carbons (Fsp3) is 0.360. The number of carboxylic acids is 1. The standard InChI is InChI=1S/C25H28ClNO4/c1-16(14-24(30)31)13-23(29)25-19-15-18(26)11-12-20(19)27(2)21(25)9-6-10-22(28)17-7-4-3-5-8-17/h3-5,7-8,11-12,15-16,22,28H,6,9-10,13-14H2,1-2H3,(H,30,31)/t16-,22?/m0/s1. The van der Waals surface area contributed by atoms with Gasteiger partial charge in [-0.3, -0.25) is 9.59 Å². The number of halogens is 1. The van der Waals surface area contributed by atoms with Gasteiger partial charge in [-0.2, -0.15) is 0 Å². The fourth-order valence-electron chi connectivity index (χ4n) is 4.17. The predicted molar refractivity (Wildman–Crippen MR) is 123 cm³/mol. The van der Waals surface area contributed by atoms with Crippen LogP contribution in [-0.2, 0) is 18.3 Å². The molecule has 1 aromatic heterocycles. The van der Waals surface area contributed by atoms with Crippen molar-refractivity contribution in [3.63, 3.8) is 0 Å². The summed E-state index contributed by atoms with van der Waals surface area (Å²) in [5.74, 6) is -1.23. The van der Waals surface area contributed by atoms with Crippen molar-refractivity contribution in [1.82, 2.24) is 4.57 Å². The first-order valence-corrected chi connectivity index (χ1v) is 10.9. The summed E-state index contributed by atoms with van der Waals surface area (Å²) >= 11 is 6.21. The van der Waals surface area contributed by atoms with Gasteiger partial charge in [-0.15, -0.1) is 0 Å². The molecule has 0 aliphatic carbocycles. The van der Waals surface area contributed by atoms with E-state index in [-0.39, 0.29) is 24.5 Å².